The minimum absolute atomic E-state index is 0.0135. The van der Waals surface area contributed by atoms with Crippen molar-refractivity contribution >= 4 is 38.2 Å². The van der Waals surface area contributed by atoms with E-state index < -0.39 is 28.5 Å². The molecular formula is C17H15N3O5S2. The number of hydrogen-bond acceptors (Lipinski definition) is 7. The summed E-state index contributed by atoms with van der Waals surface area (Å²) in [6.45, 7) is 2.97. The Hall–Kier alpha value is -3.00. The normalized spacial score (nSPS) is 10.6. The van der Waals surface area contributed by atoms with E-state index in [0.717, 1.165) is 0 Å². The third-order valence-corrected chi connectivity index (χ3v) is 5.46. The lowest BCUT2D eigenvalue weighted by Crippen LogP contribution is -2.23. The molecule has 0 saturated heterocycles. The van der Waals surface area contributed by atoms with Crippen molar-refractivity contribution in [3.8, 4) is 6.07 Å². The van der Waals surface area contributed by atoms with Crippen molar-refractivity contribution < 1.29 is 22.7 Å². The highest BCUT2D eigenvalue weighted by atomic mass is 32.2. The van der Waals surface area contributed by atoms with Gasteiger partial charge in [0, 0.05) is 6.54 Å². The van der Waals surface area contributed by atoms with E-state index >= 15 is 0 Å². The molecule has 2 rings (SSSR count). The molecule has 2 N–H and O–H groups in total. The average Bonchev–Trinajstić information content (AvgIpc) is 3.11. The second-order valence-electron chi connectivity index (χ2n) is 5.06. The molecule has 10 heteroatoms. The standard InChI is InChI=1S/C17H15N3O5S2/c1-2-8-19-27(23,24)14-5-3-12(4-6-14)17(22)25-11-15(21)20-16-13(10-18)7-9-26-16/h2-7,9,19H,1,8,11H2,(H,20,21). The summed E-state index contributed by atoms with van der Waals surface area (Å²) >= 11 is 1.18. The van der Waals surface area contributed by atoms with Crippen LogP contribution in [0.1, 0.15) is 15.9 Å². The quantitative estimate of drug-likeness (QED) is 0.510. The predicted octanol–water partition coefficient (Wildman–Crippen LogP) is 1.88. The van der Waals surface area contributed by atoms with Gasteiger partial charge in [0.25, 0.3) is 5.91 Å². The van der Waals surface area contributed by atoms with Crippen LogP contribution >= 0.6 is 11.3 Å². The average molecular weight is 405 g/mol. The first-order valence-electron chi connectivity index (χ1n) is 7.52. The molecule has 1 aromatic carbocycles. The number of rotatable bonds is 8. The molecule has 140 valence electrons. The summed E-state index contributed by atoms with van der Waals surface area (Å²) in [7, 11) is -3.69. The third-order valence-electron chi connectivity index (χ3n) is 3.19. The summed E-state index contributed by atoms with van der Waals surface area (Å²) in [5.74, 6) is -1.37. The van der Waals surface area contributed by atoms with Gasteiger partial charge in [0.1, 0.15) is 11.1 Å². The number of nitrogens with zero attached hydrogens (tertiary/aromatic N) is 1. The van der Waals surface area contributed by atoms with E-state index in [1.807, 2.05) is 6.07 Å². The van der Waals surface area contributed by atoms with Gasteiger partial charge in [-0.2, -0.15) is 5.26 Å². The molecule has 0 unspecified atom stereocenters. The molecule has 1 amide bonds. The van der Waals surface area contributed by atoms with Gasteiger partial charge in [-0.25, -0.2) is 17.9 Å². The highest BCUT2D eigenvalue weighted by molar-refractivity contribution is 7.89. The van der Waals surface area contributed by atoms with E-state index in [0.29, 0.717) is 10.6 Å². The van der Waals surface area contributed by atoms with Gasteiger partial charge in [-0.15, -0.1) is 17.9 Å². The fraction of sp³-hybridized carbons (Fsp3) is 0.118. The molecule has 0 atom stereocenters. The summed E-state index contributed by atoms with van der Waals surface area (Å²) in [6.07, 6.45) is 1.41. The SMILES string of the molecule is C=CCNS(=O)(=O)c1ccc(C(=O)OCC(=O)Nc2sccc2C#N)cc1. The zero-order chi connectivity index (χ0) is 19.9. The van der Waals surface area contributed by atoms with Crippen molar-refractivity contribution in [2.75, 3.05) is 18.5 Å². The van der Waals surface area contributed by atoms with E-state index in [1.165, 1.54) is 41.7 Å². The summed E-state index contributed by atoms with van der Waals surface area (Å²) in [4.78, 5) is 23.8. The summed E-state index contributed by atoms with van der Waals surface area (Å²) in [6, 6.07) is 8.58. The van der Waals surface area contributed by atoms with Crippen LogP contribution in [-0.2, 0) is 19.6 Å². The number of carbonyl (C=O) groups excluding carboxylic acids is 2. The molecule has 0 spiro atoms. The van der Waals surface area contributed by atoms with Crippen LogP contribution in [0, 0.1) is 11.3 Å². The number of carbonyl (C=O) groups is 2. The number of ether oxygens (including phenoxy) is 1. The van der Waals surface area contributed by atoms with Gasteiger partial charge in [-0.1, -0.05) is 6.08 Å². The molecule has 0 radical (unpaired) electrons. The number of benzene rings is 1. The zero-order valence-electron chi connectivity index (χ0n) is 14.0. The van der Waals surface area contributed by atoms with Crippen molar-refractivity contribution in [2.24, 2.45) is 0 Å². The Bertz CT molecular complexity index is 988. The number of hydrogen-bond donors (Lipinski definition) is 2. The maximum absolute atomic E-state index is 12.0. The first-order valence-corrected chi connectivity index (χ1v) is 9.89. The number of thiophene rings is 1. The third kappa shape index (κ3) is 5.49. The lowest BCUT2D eigenvalue weighted by molar-refractivity contribution is -0.119. The molecule has 0 aliphatic rings. The van der Waals surface area contributed by atoms with Gasteiger partial charge < -0.3 is 10.1 Å². The highest BCUT2D eigenvalue weighted by Crippen LogP contribution is 2.21. The lowest BCUT2D eigenvalue weighted by atomic mass is 10.2. The van der Waals surface area contributed by atoms with E-state index in [4.69, 9.17) is 10.00 Å². The van der Waals surface area contributed by atoms with Crippen molar-refractivity contribution in [1.82, 2.24) is 4.72 Å². The summed E-state index contributed by atoms with van der Waals surface area (Å²) < 4.78 is 31.1. The molecule has 0 aliphatic carbocycles. The van der Waals surface area contributed by atoms with Gasteiger partial charge in [-0.3, -0.25) is 4.79 Å². The first kappa shape index (κ1) is 20.3. The number of nitriles is 1. The molecule has 1 heterocycles. The predicted molar refractivity (Wildman–Crippen MR) is 99.8 cm³/mol. The van der Waals surface area contributed by atoms with Crippen LogP contribution in [0.5, 0.6) is 0 Å². The fourth-order valence-corrected chi connectivity index (χ4v) is 3.65. The van der Waals surface area contributed by atoms with E-state index in [9.17, 15) is 18.0 Å². The van der Waals surface area contributed by atoms with Crippen molar-refractivity contribution in [2.45, 2.75) is 4.90 Å². The zero-order valence-corrected chi connectivity index (χ0v) is 15.6. The molecular weight excluding hydrogens is 390 g/mol. The van der Waals surface area contributed by atoms with Crippen molar-refractivity contribution in [3.63, 3.8) is 0 Å². The number of nitrogens with one attached hydrogen (secondary N) is 2. The Labute approximate surface area is 160 Å². The maximum Gasteiger partial charge on any atom is 0.338 e. The van der Waals surface area contributed by atoms with Crippen LogP contribution in [0.3, 0.4) is 0 Å². The largest absolute Gasteiger partial charge is 0.452 e. The van der Waals surface area contributed by atoms with Gasteiger partial charge in [0.15, 0.2) is 6.61 Å². The molecule has 8 nitrogen and oxygen atoms in total. The number of amides is 1. The Morgan fingerprint density at radius 3 is 2.59 bits per heavy atom. The van der Waals surface area contributed by atoms with Gasteiger partial charge >= 0.3 is 5.97 Å². The molecule has 1 aromatic heterocycles. The molecule has 2 aromatic rings. The van der Waals surface area contributed by atoms with Crippen molar-refractivity contribution in [3.05, 3.63) is 59.5 Å². The van der Waals surface area contributed by atoms with Crippen LogP contribution in [0.2, 0.25) is 0 Å². The van der Waals surface area contributed by atoms with Crippen LogP contribution in [0.15, 0.2) is 53.3 Å². The number of esters is 1. The Morgan fingerprint density at radius 2 is 1.96 bits per heavy atom. The number of sulfonamides is 1. The van der Waals surface area contributed by atoms with Gasteiger partial charge in [0.05, 0.1) is 16.0 Å². The Kier molecular flexibility index (Phi) is 6.84. The fourth-order valence-electron chi connectivity index (χ4n) is 1.89. The first-order chi connectivity index (χ1) is 12.9. The van der Waals surface area contributed by atoms with Crippen LogP contribution in [0.4, 0.5) is 5.00 Å². The van der Waals surface area contributed by atoms with Crippen LogP contribution in [0.25, 0.3) is 0 Å². The number of anilines is 1. The maximum atomic E-state index is 12.0. The van der Waals surface area contributed by atoms with E-state index in [2.05, 4.69) is 16.6 Å². The van der Waals surface area contributed by atoms with E-state index in [-0.39, 0.29) is 17.0 Å². The van der Waals surface area contributed by atoms with Crippen LogP contribution < -0.4 is 10.0 Å². The topological polar surface area (TPSA) is 125 Å². The minimum atomic E-state index is -3.69. The van der Waals surface area contributed by atoms with Crippen LogP contribution in [-0.4, -0.2) is 33.4 Å². The molecule has 0 fully saturated rings. The smallest absolute Gasteiger partial charge is 0.338 e. The van der Waals surface area contributed by atoms with E-state index in [1.54, 1.807) is 11.4 Å². The Morgan fingerprint density at radius 1 is 1.26 bits per heavy atom. The molecule has 27 heavy (non-hydrogen) atoms. The monoisotopic (exact) mass is 405 g/mol. The summed E-state index contributed by atoms with van der Waals surface area (Å²) in [5, 5.41) is 13.4. The summed E-state index contributed by atoms with van der Waals surface area (Å²) in [5.41, 5.74) is 0.417. The minimum Gasteiger partial charge on any atom is -0.452 e. The van der Waals surface area contributed by atoms with Gasteiger partial charge in [0.2, 0.25) is 10.0 Å². The molecule has 0 bridgehead atoms. The molecule has 0 aliphatic heterocycles. The van der Waals surface area contributed by atoms with Crippen molar-refractivity contribution in [1.29, 1.82) is 5.26 Å². The molecule has 0 saturated carbocycles. The highest BCUT2D eigenvalue weighted by Gasteiger charge is 2.16. The van der Waals surface area contributed by atoms with Gasteiger partial charge in [-0.05, 0) is 35.7 Å². The second kappa shape index (κ2) is 9.09. The second-order valence-corrected chi connectivity index (χ2v) is 7.75. The Balaban J connectivity index is 1.93. The lowest BCUT2D eigenvalue weighted by Gasteiger charge is -2.07.